The zero-order valence-corrected chi connectivity index (χ0v) is 18.6. The summed E-state index contributed by atoms with van der Waals surface area (Å²) in [5.41, 5.74) is 0.572. The SMILES string of the molecule is CCCC(C)COc1ccc(C=CC(=O)Nc2ccccc2OC(CC)C(=O)O)c(F)c1. The molecule has 1 amide bonds. The fourth-order valence-corrected chi connectivity index (χ4v) is 3.02. The molecule has 0 spiro atoms. The van der Waals surface area contributed by atoms with Crippen LogP contribution in [0.25, 0.3) is 6.08 Å². The molecule has 2 N–H and O–H groups in total. The molecule has 32 heavy (non-hydrogen) atoms. The molecule has 0 bridgehead atoms. The summed E-state index contributed by atoms with van der Waals surface area (Å²) in [5, 5.41) is 11.8. The third-order valence-corrected chi connectivity index (χ3v) is 4.76. The molecule has 0 saturated carbocycles. The Bertz CT molecular complexity index is 944. The van der Waals surface area contributed by atoms with Crippen LogP contribution >= 0.6 is 0 Å². The third-order valence-electron chi connectivity index (χ3n) is 4.76. The number of aliphatic carboxylic acids is 1. The number of ether oxygens (including phenoxy) is 2. The standard InChI is InChI=1S/C25H30FNO5/c1-4-8-17(3)16-31-19-13-11-18(20(26)15-19)12-14-24(28)27-21-9-6-7-10-23(21)32-22(5-2)25(29)30/h6-7,9-15,17,22H,4-5,8,16H2,1-3H3,(H,27,28)(H,29,30). The molecule has 0 heterocycles. The van der Waals surface area contributed by atoms with Gasteiger partial charge in [0.25, 0.3) is 0 Å². The molecule has 0 aromatic heterocycles. The number of anilines is 1. The van der Waals surface area contributed by atoms with Crippen molar-refractivity contribution in [1.82, 2.24) is 0 Å². The van der Waals surface area contributed by atoms with E-state index in [1.807, 2.05) is 0 Å². The van der Waals surface area contributed by atoms with E-state index < -0.39 is 23.8 Å². The van der Waals surface area contributed by atoms with Crippen molar-refractivity contribution in [1.29, 1.82) is 0 Å². The highest BCUT2D eigenvalue weighted by atomic mass is 19.1. The molecular formula is C25H30FNO5. The summed E-state index contributed by atoms with van der Waals surface area (Å²) in [5.74, 6) is -1.00. The fraction of sp³-hybridized carbons (Fsp3) is 0.360. The molecule has 2 aromatic rings. The smallest absolute Gasteiger partial charge is 0.344 e. The molecule has 0 radical (unpaired) electrons. The van der Waals surface area contributed by atoms with Crippen LogP contribution in [0.5, 0.6) is 11.5 Å². The van der Waals surface area contributed by atoms with Crippen LogP contribution < -0.4 is 14.8 Å². The summed E-state index contributed by atoms with van der Waals surface area (Å²) in [6.07, 6.45) is 3.93. The molecule has 2 unspecified atom stereocenters. The third kappa shape index (κ3) is 7.72. The topological polar surface area (TPSA) is 84.9 Å². The first-order chi connectivity index (χ1) is 15.3. The van der Waals surface area contributed by atoms with Gasteiger partial charge in [-0.1, -0.05) is 39.3 Å². The normalized spacial score (nSPS) is 12.9. The monoisotopic (exact) mass is 443 g/mol. The van der Waals surface area contributed by atoms with Crippen LogP contribution in [0, 0.1) is 11.7 Å². The molecular weight excluding hydrogens is 413 g/mol. The molecule has 0 saturated heterocycles. The number of amides is 1. The van der Waals surface area contributed by atoms with Crippen LogP contribution in [0.4, 0.5) is 10.1 Å². The minimum atomic E-state index is -1.09. The highest BCUT2D eigenvalue weighted by molar-refractivity contribution is 6.02. The van der Waals surface area contributed by atoms with Gasteiger partial charge in [-0.05, 0) is 49.1 Å². The van der Waals surface area contributed by atoms with E-state index in [0.717, 1.165) is 12.8 Å². The number of rotatable bonds is 12. The van der Waals surface area contributed by atoms with Gasteiger partial charge in [0.2, 0.25) is 5.91 Å². The van der Waals surface area contributed by atoms with Crippen molar-refractivity contribution < 1.29 is 28.6 Å². The number of carbonyl (C=O) groups is 2. The van der Waals surface area contributed by atoms with Gasteiger partial charge in [-0.3, -0.25) is 4.79 Å². The second-order valence-electron chi connectivity index (χ2n) is 7.56. The van der Waals surface area contributed by atoms with Gasteiger partial charge in [0.15, 0.2) is 6.10 Å². The zero-order chi connectivity index (χ0) is 23.5. The first kappa shape index (κ1) is 24.9. The minimum absolute atomic E-state index is 0.244. The molecule has 7 heteroatoms. The summed E-state index contributed by atoms with van der Waals surface area (Å²) >= 11 is 0. The van der Waals surface area contributed by atoms with E-state index in [4.69, 9.17) is 9.47 Å². The lowest BCUT2D eigenvalue weighted by Crippen LogP contribution is -2.26. The molecule has 172 valence electrons. The van der Waals surface area contributed by atoms with E-state index in [9.17, 15) is 19.1 Å². The highest BCUT2D eigenvalue weighted by Gasteiger charge is 2.18. The van der Waals surface area contributed by atoms with Crippen molar-refractivity contribution in [2.75, 3.05) is 11.9 Å². The van der Waals surface area contributed by atoms with Crippen LogP contribution in [0.3, 0.4) is 0 Å². The van der Waals surface area contributed by atoms with Crippen molar-refractivity contribution in [3.63, 3.8) is 0 Å². The second-order valence-corrected chi connectivity index (χ2v) is 7.56. The fourth-order valence-electron chi connectivity index (χ4n) is 3.02. The lowest BCUT2D eigenvalue weighted by molar-refractivity contribution is -0.145. The van der Waals surface area contributed by atoms with E-state index in [0.29, 0.717) is 24.0 Å². The number of hydrogen-bond acceptors (Lipinski definition) is 4. The van der Waals surface area contributed by atoms with E-state index in [-0.39, 0.29) is 17.7 Å². The Hall–Kier alpha value is -3.35. The molecule has 2 rings (SSSR count). The van der Waals surface area contributed by atoms with Crippen LogP contribution in [0.1, 0.15) is 45.6 Å². The Morgan fingerprint density at radius 2 is 1.94 bits per heavy atom. The Morgan fingerprint density at radius 1 is 1.19 bits per heavy atom. The summed E-state index contributed by atoms with van der Waals surface area (Å²) in [6.45, 7) is 6.41. The summed E-state index contributed by atoms with van der Waals surface area (Å²) in [6, 6.07) is 11.1. The molecule has 2 aromatic carbocycles. The minimum Gasteiger partial charge on any atom is -0.493 e. The maximum absolute atomic E-state index is 14.4. The number of halogens is 1. The van der Waals surface area contributed by atoms with Gasteiger partial charge in [-0.15, -0.1) is 0 Å². The number of benzene rings is 2. The molecule has 0 aliphatic carbocycles. The van der Waals surface area contributed by atoms with Crippen molar-refractivity contribution in [2.45, 2.75) is 46.1 Å². The Labute approximate surface area is 188 Å². The van der Waals surface area contributed by atoms with E-state index in [1.54, 1.807) is 43.3 Å². The molecule has 0 aliphatic heterocycles. The van der Waals surface area contributed by atoms with E-state index >= 15 is 0 Å². The summed E-state index contributed by atoms with van der Waals surface area (Å²) in [4.78, 5) is 23.5. The average molecular weight is 444 g/mol. The Morgan fingerprint density at radius 3 is 2.59 bits per heavy atom. The van der Waals surface area contributed by atoms with E-state index in [2.05, 4.69) is 19.2 Å². The summed E-state index contributed by atoms with van der Waals surface area (Å²) in [7, 11) is 0. The van der Waals surface area contributed by atoms with Gasteiger partial charge in [0.1, 0.15) is 17.3 Å². The largest absolute Gasteiger partial charge is 0.493 e. The van der Waals surface area contributed by atoms with Crippen molar-refractivity contribution in [3.8, 4) is 11.5 Å². The van der Waals surface area contributed by atoms with Crippen LogP contribution in [-0.2, 0) is 9.59 Å². The first-order valence-electron chi connectivity index (χ1n) is 10.7. The number of carboxylic acid groups (broad SMARTS) is 1. The Balaban J connectivity index is 2.01. The van der Waals surface area contributed by atoms with Gasteiger partial charge in [-0.2, -0.15) is 0 Å². The highest BCUT2D eigenvalue weighted by Crippen LogP contribution is 2.26. The van der Waals surface area contributed by atoms with Crippen LogP contribution in [-0.4, -0.2) is 29.7 Å². The lowest BCUT2D eigenvalue weighted by Gasteiger charge is -2.16. The predicted octanol–water partition coefficient (Wildman–Crippen LogP) is 5.53. The number of nitrogens with one attached hydrogen (secondary N) is 1. The van der Waals surface area contributed by atoms with E-state index in [1.165, 1.54) is 18.2 Å². The average Bonchev–Trinajstić information content (AvgIpc) is 2.76. The quantitative estimate of drug-likeness (QED) is 0.421. The number of hydrogen-bond donors (Lipinski definition) is 2. The molecule has 2 atom stereocenters. The van der Waals surface area contributed by atoms with Crippen LogP contribution in [0.15, 0.2) is 48.5 Å². The maximum Gasteiger partial charge on any atom is 0.344 e. The second kappa shape index (κ2) is 12.5. The number of carboxylic acids is 1. The Kier molecular flexibility index (Phi) is 9.73. The first-order valence-corrected chi connectivity index (χ1v) is 10.7. The van der Waals surface area contributed by atoms with Gasteiger partial charge < -0.3 is 19.9 Å². The molecule has 0 fully saturated rings. The van der Waals surface area contributed by atoms with Gasteiger partial charge in [-0.25, -0.2) is 9.18 Å². The van der Waals surface area contributed by atoms with Crippen molar-refractivity contribution in [3.05, 3.63) is 59.9 Å². The van der Waals surface area contributed by atoms with Gasteiger partial charge in [0, 0.05) is 17.7 Å². The van der Waals surface area contributed by atoms with Crippen molar-refractivity contribution >= 4 is 23.6 Å². The lowest BCUT2D eigenvalue weighted by atomic mass is 10.1. The molecule has 6 nitrogen and oxygen atoms in total. The number of carbonyl (C=O) groups excluding carboxylic acids is 1. The zero-order valence-electron chi connectivity index (χ0n) is 18.6. The summed E-state index contributed by atoms with van der Waals surface area (Å²) < 4.78 is 25.5. The predicted molar refractivity (Wildman–Crippen MR) is 122 cm³/mol. The van der Waals surface area contributed by atoms with Crippen molar-refractivity contribution in [2.24, 2.45) is 5.92 Å². The van der Waals surface area contributed by atoms with Gasteiger partial charge in [0.05, 0.1) is 12.3 Å². The number of para-hydroxylation sites is 2. The van der Waals surface area contributed by atoms with Crippen LogP contribution in [0.2, 0.25) is 0 Å². The molecule has 0 aliphatic rings. The maximum atomic E-state index is 14.4. The van der Waals surface area contributed by atoms with Gasteiger partial charge >= 0.3 is 5.97 Å².